The monoisotopic (exact) mass is 766 g/mol. The van der Waals surface area contributed by atoms with Gasteiger partial charge in [0.2, 0.25) is 23.6 Å². The molecule has 2 saturated heterocycles. The number of likely N-dealkylation sites (tertiary alicyclic amines) is 2. The number of nitrogens with two attached hydrogens (primary N) is 3. The topological polar surface area (TPSA) is 227 Å². The zero-order valence-corrected chi connectivity index (χ0v) is 28.9. The number of nitrogens with zero attached hydrogens (tertiary/aromatic N) is 3. The summed E-state index contributed by atoms with van der Waals surface area (Å²) in [5.41, 5.74) is 17.9. The third kappa shape index (κ3) is 9.33. The van der Waals surface area contributed by atoms with Gasteiger partial charge in [-0.3, -0.25) is 24.2 Å². The van der Waals surface area contributed by atoms with Crippen molar-refractivity contribution in [2.45, 2.75) is 107 Å². The Kier molecular flexibility index (Phi) is 12.8. The summed E-state index contributed by atoms with van der Waals surface area (Å²) >= 11 is 2.15. The lowest BCUT2D eigenvalue weighted by Gasteiger charge is -2.37. The zero-order chi connectivity index (χ0) is 34.2. The number of guanidine groups is 1. The number of halogens is 1. The molecular formula is C32H47IN8O6. The molecule has 0 bridgehead atoms. The standard InChI is InChI=1S/C32H47IN8O6/c1-18(27(42)39-23(31(46)47)16-19-10-12-21(33)13-11-19)38-28(43)25-9-5-15-40(25)30(45)26-17-20-6-2-3-8-24(20)41(26)29(44)22(34)7-4-14-37-32(35)36/h10-13,18,20,22-26H,2-9,14-17,34H2,1H3,(H,38,43)(H,39,42)(H,46,47)(H4,35,36,37)/t18-,20+,22-,23+,24+,25+,26+/m1/s1. The maximum absolute atomic E-state index is 14.1. The SMILES string of the molecule is C[C@@H](NC(=O)[C@@H]1CCCN1C(=O)[C@@H]1C[C@@H]2CCCC[C@@H]2N1C(=O)[C@H](N)CCCN=C(N)N)C(=O)N[C@@H](Cc1ccc(I)cc1)C(=O)O. The first kappa shape index (κ1) is 36.4. The molecule has 1 saturated carbocycles. The van der Waals surface area contributed by atoms with E-state index in [4.69, 9.17) is 17.2 Å². The van der Waals surface area contributed by atoms with Gasteiger partial charge in [0.05, 0.1) is 6.04 Å². The van der Waals surface area contributed by atoms with Crippen LogP contribution in [0.25, 0.3) is 0 Å². The molecule has 0 aromatic heterocycles. The Bertz CT molecular complexity index is 1340. The lowest BCUT2D eigenvalue weighted by atomic mass is 9.84. The highest BCUT2D eigenvalue weighted by Gasteiger charge is 2.51. The van der Waals surface area contributed by atoms with E-state index in [-0.39, 0.29) is 36.2 Å². The number of fused-ring (bicyclic) bond motifs is 1. The van der Waals surface area contributed by atoms with Crippen molar-refractivity contribution in [3.05, 3.63) is 33.4 Å². The molecule has 0 unspecified atom stereocenters. The number of aliphatic carboxylic acids is 1. The first-order valence-electron chi connectivity index (χ1n) is 16.4. The van der Waals surface area contributed by atoms with Gasteiger partial charge in [0.1, 0.15) is 24.2 Å². The highest BCUT2D eigenvalue weighted by atomic mass is 127. The molecule has 258 valence electrons. The number of benzene rings is 1. The Hall–Kier alpha value is -3.47. The van der Waals surface area contributed by atoms with Crippen molar-refractivity contribution in [3.8, 4) is 0 Å². The van der Waals surface area contributed by atoms with Crippen LogP contribution in [0.4, 0.5) is 0 Å². The molecule has 0 radical (unpaired) electrons. The number of carbonyl (C=O) groups is 5. The van der Waals surface area contributed by atoms with Gasteiger partial charge in [0.15, 0.2) is 5.96 Å². The van der Waals surface area contributed by atoms with E-state index in [1.807, 2.05) is 12.1 Å². The molecule has 1 aromatic carbocycles. The first-order chi connectivity index (χ1) is 22.4. The largest absolute Gasteiger partial charge is 0.480 e. The summed E-state index contributed by atoms with van der Waals surface area (Å²) in [5.74, 6) is -2.71. The van der Waals surface area contributed by atoms with E-state index < -0.39 is 48.0 Å². The van der Waals surface area contributed by atoms with Crippen LogP contribution in [-0.2, 0) is 30.4 Å². The number of rotatable bonds is 13. The summed E-state index contributed by atoms with van der Waals surface area (Å²) in [6.07, 6.45) is 6.24. The number of carboxylic acids is 1. The van der Waals surface area contributed by atoms with Gasteiger partial charge in [-0.05, 0) is 98.1 Å². The van der Waals surface area contributed by atoms with Gasteiger partial charge < -0.3 is 42.7 Å². The van der Waals surface area contributed by atoms with Crippen LogP contribution in [0.3, 0.4) is 0 Å². The highest BCUT2D eigenvalue weighted by Crippen LogP contribution is 2.41. The van der Waals surface area contributed by atoms with Gasteiger partial charge in [-0.2, -0.15) is 0 Å². The van der Waals surface area contributed by atoms with Gasteiger partial charge in [-0.25, -0.2) is 4.79 Å². The molecule has 15 heteroatoms. The van der Waals surface area contributed by atoms with Crippen LogP contribution in [0.2, 0.25) is 0 Å². The molecular weight excluding hydrogens is 719 g/mol. The minimum atomic E-state index is -1.19. The second kappa shape index (κ2) is 16.6. The van der Waals surface area contributed by atoms with Crippen molar-refractivity contribution in [2.75, 3.05) is 13.1 Å². The molecule has 47 heavy (non-hydrogen) atoms. The molecule has 3 aliphatic rings. The average molecular weight is 767 g/mol. The van der Waals surface area contributed by atoms with Gasteiger partial charge >= 0.3 is 5.97 Å². The number of carbonyl (C=O) groups excluding carboxylic acids is 4. The Morgan fingerprint density at radius 2 is 1.72 bits per heavy atom. The minimum absolute atomic E-state index is 0.0262. The number of nitrogens with one attached hydrogen (secondary N) is 2. The van der Waals surface area contributed by atoms with Crippen LogP contribution in [0, 0.1) is 9.49 Å². The van der Waals surface area contributed by atoms with E-state index >= 15 is 0 Å². The number of amides is 4. The quantitative estimate of drug-likeness (QED) is 0.0708. The van der Waals surface area contributed by atoms with E-state index in [1.165, 1.54) is 11.8 Å². The van der Waals surface area contributed by atoms with Crippen LogP contribution in [-0.4, -0.2) is 99.8 Å². The Morgan fingerprint density at radius 1 is 1.02 bits per heavy atom. The first-order valence-corrected chi connectivity index (χ1v) is 17.5. The molecule has 4 amide bonds. The number of aliphatic imine (C=N–C) groups is 1. The Balaban J connectivity index is 1.40. The normalized spacial score (nSPS) is 24.1. The smallest absolute Gasteiger partial charge is 0.326 e. The van der Waals surface area contributed by atoms with Crippen molar-refractivity contribution in [1.82, 2.24) is 20.4 Å². The molecule has 2 aliphatic heterocycles. The average Bonchev–Trinajstić information content (AvgIpc) is 3.68. The summed E-state index contributed by atoms with van der Waals surface area (Å²) in [6.45, 7) is 2.18. The minimum Gasteiger partial charge on any atom is -0.480 e. The molecule has 4 rings (SSSR count). The van der Waals surface area contributed by atoms with Crippen LogP contribution in [0.5, 0.6) is 0 Å². The summed E-state index contributed by atoms with van der Waals surface area (Å²) in [5, 5.41) is 14.9. The van der Waals surface area contributed by atoms with Crippen LogP contribution < -0.4 is 27.8 Å². The maximum atomic E-state index is 14.1. The van der Waals surface area contributed by atoms with E-state index in [0.717, 1.165) is 34.8 Å². The molecule has 2 heterocycles. The third-order valence-corrected chi connectivity index (χ3v) is 10.2. The lowest BCUT2D eigenvalue weighted by molar-refractivity contribution is -0.149. The van der Waals surface area contributed by atoms with E-state index in [1.54, 1.807) is 17.0 Å². The van der Waals surface area contributed by atoms with Crippen LogP contribution in [0.15, 0.2) is 29.3 Å². The third-order valence-electron chi connectivity index (χ3n) is 9.47. The van der Waals surface area contributed by atoms with Crippen molar-refractivity contribution >= 4 is 58.1 Å². The predicted molar refractivity (Wildman–Crippen MR) is 184 cm³/mol. The van der Waals surface area contributed by atoms with Gasteiger partial charge in [0.25, 0.3) is 0 Å². The van der Waals surface area contributed by atoms with Gasteiger partial charge in [-0.15, -0.1) is 0 Å². The van der Waals surface area contributed by atoms with E-state index in [0.29, 0.717) is 45.2 Å². The molecule has 3 fully saturated rings. The maximum Gasteiger partial charge on any atom is 0.326 e. The number of hydrogen-bond acceptors (Lipinski definition) is 7. The van der Waals surface area contributed by atoms with Crippen LogP contribution in [0.1, 0.15) is 70.3 Å². The molecule has 1 aromatic rings. The predicted octanol–water partition coefficient (Wildman–Crippen LogP) is 0.439. The summed E-state index contributed by atoms with van der Waals surface area (Å²) in [4.78, 5) is 73.4. The van der Waals surface area contributed by atoms with Gasteiger partial charge in [-0.1, -0.05) is 25.0 Å². The molecule has 1 aliphatic carbocycles. The summed E-state index contributed by atoms with van der Waals surface area (Å²) in [7, 11) is 0. The molecule has 14 nitrogen and oxygen atoms in total. The van der Waals surface area contributed by atoms with E-state index in [2.05, 4.69) is 38.2 Å². The number of carboxylic acid groups (broad SMARTS) is 1. The fourth-order valence-electron chi connectivity index (χ4n) is 7.05. The Labute approximate surface area is 288 Å². The van der Waals surface area contributed by atoms with E-state index in [9.17, 15) is 29.1 Å². The molecule has 9 N–H and O–H groups in total. The fourth-order valence-corrected chi connectivity index (χ4v) is 7.41. The lowest BCUT2D eigenvalue weighted by Crippen LogP contribution is -2.58. The number of hydrogen-bond donors (Lipinski definition) is 6. The van der Waals surface area contributed by atoms with Crippen molar-refractivity contribution in [1.29, 1.82) is 0 Å². The zero-order valence-electron chi connectivity index (χ0n) is 26.8. The second-order valence-corrected chi connectivity index (χ2v) is 14.1. The van der Waals surface area contributed by atoms with Crippen LogP contribution >= 0.6 is 22.6 Å². The van der Waals surface area contributed by atoms with Crippen molar-refractivity contribution < 1.29 is 29.1 Å². The Morgan fingerprint density at radius 3 is 2.40 bits per heavy atom. The fraction of sp³-hybridized carbons (Fsp3) is 0.625. The summed E-state index contributed by atoms with van der Waals surface area (Å²) < 4.78 is 1.00. The highest BCUT2D eigenvalue weighted by molar-refractivity contribution is 14.1. The molecule has 7 atom stereocenters. The second-order valence-electron chi connectivity index (χ2n) is 12.8. The van der Waals surface area contributed by atoms with Gasteiger partial charge in [0, 0.05) is 29.1 Å². The molecule has 0 spiro atoms. The van der Waals surface area contributed by atoms with Crippen molar-refractivity contribution in [2.24, 2.45) is 28.1 Å². The summed E-state index contributed by atoms with van der Waals surface area (Å²) in [6, 6.07) is 2.69. The van der Waals surface area contributed by atoms with Crippen molar-refractivity contribution in [3.63, 3.8) is 0 Å².